The number of carbonyl (C=O) groups excluding carboxylic acids is 1. The van der Waals surface area contributed by atoms with Crippen LogP contribution in [0, 0.1) is 11.3 Å². The molecule has 186 valence electrons. The van der Waals surface area contributed by atoms with Gasteiger partial charge in [-0.3, -0.25) is 10.1 Å². The van der Waals surface area contributed by atoms with E-state index in [0.29, 0.717) is 21.3 Å². The van der Waals surface area contributed by atoms with Gasteiger partial charge in [0.25, 0.3) is 5.91 Å². The molecule has 2 N–H and O–H groups in total. The minimum Gasteiger partial charge on any atom is -0.332 e. The van der Waals surface area contributed by atoms with Crippen molar-refractivity contribution in [3.8, 4) is 6.07 Å². The zero-order valence-corrected chi connectivity index (χ0v) is 21.3. The standard InChI is InChI=1S/C26H18Cl3FN6O/c27-19-4-7-21(8-5-19)33-25(34-24(37)18-3-1-2-17(12-18)14-31)35-26(30,15-36-11-10-32-16-36)22-9-6-20(28)13-23(22)29/h1-13,16H,15H2,(H2,33,34,35,37)/t26-/m1/s1. The highest BCUT2D eigenvalue weighted by Crippen LogP contribution is 2.36. The molecule has 0 aliphatic rings. The minimum absolute atomic E-state index is 0.0309. The van der Waals surface area contributed by atoms with Crippen molar-refractivity contribution < 1.29 is 9.18 Å². The maximum absolute atomic E-state index is 16.8. The molecule has 4 rings (SSSR count). The molecule has 7 nitrogen and oxygen atoms in total. The van der Waals surface area contributed by atoms with Crippen LogP contribution < -0.4 is 10.6 Å². The summed E-state index contributed by atoms with van der Waals surface area (Å²) in [5.74, 6) is -3.27. The van der Waals surface area contributed by atoms with Crippen molar-refractivity contribution in [3.05, 3.63) is 117 Å². The Kier molecular flexibility index (Phi) is 8.09. The Morgan fingerprint density at radius 2 is 1.84 bits per heavy atom. The number of imidazole rings is 1. The number of hydrogen-bond acceptors (Lipinski definition) is 4. The molecule has 1 heterocycles. The molecule has 0 radical (unpaired) electrons. The van der Waals surface area contributed by atoms with E-state index in [1.165, 1.54) is 47.4 Å². The van der Waals surface area contributed by atoms with E-state index in [9.17, 15) is 10.1 Å². The fourth-order valence-electron chi connectivity index (χ4n) is 3.45. The van der Waals surface area contributed by atoms with Gasteiger partial charge < -0.3 is 9.88 Å². The largest absolute Gasteiger partial charge is 0.332 e. The Hall–Kier alpha value is -3.90. The molecule has 1 atom stereocenters. The van der Waals surface area contributed by atoms with Crippen molar-refractivity contribution in [2.45, 2.75) is 12.3 Å². The van der Waals surface area contributed by atoms with Crippen LogP contribution in [0.2, 0.25) is 15.1 Å². The molecule has 0 bridgehead atoms. The fourth-order valence-corrected chi connectivity index (χ4v) is 4.13. The molecular weight excluding hydrogens is 538 g/mol. The summed E-state index contributed by atoms with van der Waals surface area (Å²) in [5.41, 5.74) is 1.00. The fraction of sp³-hybridized carbons (Fsp3) is 0.0769. The second-order valence-electron chi connectivity index (χ2n) is 7.86. The summed E-state index contributed by atoms with van der Waals surface area (Å²) < 4.78 is 18.3. The summed E-state index contributed by atoms with van der Waals surface area (Å²) in [6, 6.07) is 19.0. The summed E-state index contributed by atoms with van der Waals surface area (Å²) in [7, 11) is 0. The predicted octanol–water partition coefficient (Wildman–Crippen LogP) is 6.44. The van der Waals surface area contributed by atoms with E-state index in [1.54, 1.807) is 42.6 Å². The number of carbonyl (C=O) groups is 1. The van der Waals surface area contributed by atoms with E-state index in [4.69, 9.17) is 34.8 Å². The Labute approximate surface area is 227 Å². The predicted molar refractivity (Wildman–Crippen MR) is 143 cm³/mol. The van der Waals surface area contributed by atoms with Crippen LogP contribution in [0.3, 0.4) is 0 Å². The lowest BCUT2D eigenvalue weighted by atomic mass is 10.0. The first-order valence-corrected chi connectivity index (χ1v) is 11.9. The smallest absolute Gasteiger partial charge is 0.258 e. The maximum atomic E-state index is 16.8. The second kappa shape index (κ2) is 11.4. The van der Waals surface area contributed by atoms with Crippen molar-refractivity contribution in [2.75, 3.05) is 5.32 Å². The van der Waals surface area contributed by atoms with Gasteiger partial charge in [-0.2, -0.15) is 5.26 Å². The lowest BCUT2D eigenvalue weighted by Gasteiger charge is -2.25. The number of aliphatic imine (C=N–C) groups is 1. The topological polar surface area (TPSA) is 95.1 Å². The lowest BCUT2D eigenvalue weighted by Crippen LogP contribution is -2.39. The zero-order valence-electron chi connectivity index (χ0n) is 19.0. The van der Waals surface area contributed by atoms with Crippen LogP contribution in [0.15, 0.2) is 90.4 Å². The van der Waals surface area contributed by atoms with Crippen molar-refractivity contribution in [2.24, 2.45) is 4.99 Å². The third kappa shape index (κ3) is 6.66. The van der Waals surface area contributed by atoms with E-state index in [2.05, 4.69) is 20.6 Å². The molecule has 0 aliphatic carbocycles. The first-order valence-electron chi connectivity index (χ1n) is 10.8. The van der Waals surface area contributed by atoms with Crippen LogP contribution in [0.1, 0.15) is 21.5 Å². The van der Waals surface area contributed by atoms with E-state index < -0.39 is 11.7 Å². The van der Waals surface area contributed by atoms with Crippen molar-refractivity contribution >= 4 is 52.4 Å². The van der Waals surface area contributed by atoms with Gasteiger partial charge >= 0.3 is 0 Å². The highest BCUT2D eigenvalue weighted by atomic mass is 35.5. The average molecular weight is 556 g/mol. The van der Waals surface area contributed by atoms with Crippen LogP contribution in [-0.4, -0.2) is 21.4 Å². The summed E-state index contributed by atoms with van der Waals surface area (Å²) in [5, 5.41) is 15.6. The quantitative estimate of drug-likeness (QED) is 0.163. The summed E-state index contributed by atoms with van der Waals surface area (Å²) in [6.45, 7) is -0.306. The number of rotatable bonds is 6. The number of guanidine groups is 1. The number of hydrogen-bond donors (Lipinski definition) is 2. The Morgan fingerprint density at radius 1 is 1.08 bits per heavy atom. The molecule has 0 saturated heterocycles. The summed E-state index contributed by atoms with van der Waals surface area (Å²) in [6.07, 6.45) is 4.52. The summed E-state index contributed by atoms with van der Waals surface area (Å²) >= 11 is 18.4. The molecule has 0 aliphatic heterocycles. The molecule has 11 heteroatoms. The normalized spacial score (nSPS) is 12.9. The molecule has 3 aromatic carbocycles. The Morgan fingerprint density at radius 3 is 2.51 bits per heavy atom. The number of alkyl halides is 1. The molecule has 0 unspecified atom stereocenters. The van der Waals surface area contributed by atoms with Crippen molar-refractivity contribution in [1.29, 1.82) is 5.26 Å². The molecule has 0 spiro atoms. The van der Waals surface area contributed by atoms with Crippen LogP contribution in [0.5, 0.6) is 0 Å². The number of aromatic nitrogens is 2. The number of anilines is 1. The molecular formula is C26H18Cl3FN6O. The van der Waals surface area contributed by atoms with Gasteiger partial charge in [0.2, 0.25) is 11.8 Å². The van der Waals surface area contributed by atoms with Crippen molar-refractivity contribution in [1.82, 2.24) is 14.9 Å². The second-order valence-corrected chi connectivity index (χ2v) is 9.14. The summed E-state index contributed by atoms with van der Waals surface area (Å²) in [4.78, 5) is 21.3. The number of benzene rings is 3. The number of nitrogens with one attached hydrogen (secondary N) is 2. The SMILES string of the molecule is N#Cc1cccc(C(=O)N/C(=N\[C@](F)(Cn2ccnc2)c2ccc(Cl)cc2Cl)Nc2ccc(Cl)cc2)c1. The molecule has 37 heavy (non-hydrogen) atoms. The van der Waals surface area contributed by atoms with E-state index in [0.717, 1.165) is 0 Å². The van der Waals surface area contributed by atoms with Gasteiger partial charge in [-0.1, -0.05) is 46.9 Å². The number of halogens is 4. The first kappa shape index (κ1) is 26.2. The third-order valence-corrected chi connectivity index (χ3v) is 5.98. The van der Waals surface area contributed by atoms with Crippen LogP contribution >= 0.6 is 34.8 Å². The number of amides is 1. The van der Waals surface area contributed by atoms with E-state index >= 15 is 4.39 Å². The average Bonchev–Trinajstić information content (AvgIpc) is 3.38. The van der Waals surface area contributed by atoms with Gasteiger partial charge in [-0.25, -0.2) is 14.4 Å². The zero-order chi connectivity index (χ0) is 26.4. The minimum atomic E-state index is -2.46. The lowest BCUT2D eigenvalue weighted by molar-refractivity contribution is 0.0975. The van der Waals surface area contributed by atoms with Gasteiger partial charge in [0, 0.05) is 39.3 Å². The number of nitrogens with zero attached hydrogens (tertiary/aromatic N) is 4. The number of nitriles is 1. The monoisotopic (exact) mass is 554 g/mol. The van der Waals surface area contributed by atoms with Crippen LogP contribution in [0.25, 0.3) is 0 Å². The van der Waals surface area contributed by atoms with Crippen LogP contribution in [-0.2, 0) is 12.3 Å². The molecule has 0 fully saturated rings. The maximum Gasteiger partial charge on any atom is 0.258 e. The highest BCUT2D eigenvalue weighted by molar-refractivity contribution is 6.35. The Balaban J connectivity index is 1.79. The molecule has 1 aromatic heterocycles. The van der Waals surface area contributed by atoms with E-state index in [1.807, 2.05) is 6.07 Å². The van der Waals surface area contributed by atoms with Gasteiger partial charge in [-0.15, -0.1) is 0 Å². The van der Waals surface area contributed by atoms with Gasteiger partial charge in [0.15, 0.2) is 0 Å². The highest BCUT2D eigenvalue weighted by Gasteiger charge is 2.35. The first-order chi connectivity index (χ1) is 17.8. The third-order valence-electron chi connectivity index (χ3n) is 5.18. The Bertz CT molecular complexity index is 1490. The van der Waals surface area contributed by atoms with E-state index in [-0.39, 0.29) is 28.7 Å². The molecule has 0 saturated carbocycles. The van der Waals surface area contributed by atoms with Gasteiger partial charge in [-0.05, 0) is 54.6 Å². The molecule has 4 aromatic rings. The molecule has 1 amide bonds. The van der Waals surface area contributed by atoms with Gasteiger partial charge in [0.05, 0.1) is 29.5 Å². The van der Waals surface area contributed by atoms with Crippen molar-refractivity contribution in [3.63, 3.8) is 0 Å². The van der Waals surface area contributed by atoms with Gasteiger partial charge in [0.1, 0.15) is 0 Å². The van der Waals surface area contributed by atoms with Crippen LogP contribution in [0.4, 0.5) is 10.1 Å².